The van der Waals surface area contributed by atoms with Gasteiger partial charge in [-0.2, -0.15) is 0 Å². The first-order chi connectivity index (χ1) is 6.59. The van der Waals surface area contributed by atoms with Crippen molar-refractivity contribution in [3.8, 4) is 0 Å². The summed E-state index contributed by atoms with van der Waals surface area (Å²) in [6.07, 6.45) is 0. The molecule has 0 amide bonds. The Morgan fingerprint density at radius 2 is 2.14 bits per heavy atom. The van der Waals surface area contributed by atoms with Crippen molar-refractivity contribution in [2.45, 2.75) is 26.7 Å². The van der Waals surface area contributed by atoms with Gasteiger partial charge in [-0.25, -0.2) is 4.98 Å². The molecule has 1 N–H and O–H groups in total. The van der Waals surface area contributed by atoms with Crippen molar-refractivity contribution in [3.63, 3.8) is 0 Å². The van der Waals surface area contributed by atoms with Gasteiger partial charge in [0.1, 0.15) is 17.0 Å². The Kier molecular flexibility index (Phi) is 1.87. The van der Waals surface area contributed by atoms with Crippen LogP contribution >= 0.6 is 0 Å². The smallest absolute Gasteiger partial charge is 0.264 e. The summed E-state index contributed by atoms with van der Waals surface area (Å²) in [7, 11) is 0. The molecule has 0 radical (unpaired) electrons. The first-order valence-corrected chi connectivity index (χ1v) is 4.46. The molecule has 0 atom stereocenters. The number of rotatable bonds is 1. The standard InChI is InChI=1S/C9H11N3O2/c1-4(2)7-10-8-6(9(13)11-7)5(3)14-12-8/h4H,1-3H3,(H,10,11,12,13). The Balaban J connectivity index is 2.81. The van der Waals surface area contributed by atoms with Gasteiger partial charge in [-0.05, 0) is 6.92 Å². The van der Waals surface area contributed by atoms with E-state index in [1.165, 1.54) is 0 Å². The van der Waals surface area contributed by atoms with Crippen LogP contribution < -0.4 is 5.56 Å². The third-order valence-electron chi connectivity index (χ3n) is 2.09. The van der Waals surface area contributed by atoms with Crippen molar-refractivity contribution >= 4 is 11.0 Å². The molecular weight excluding hydrogens is 182 g/mol. The van der Waals surface area contributed by atoms with Crippen molar-refractivity contribution in [2.75, 3.05) is 0 Å². The van der Waals surface area contributed by atoms with Crippen LogP contribution in [0, 0.1) is 6.92 Å². The third-order valence-corrected chi connectivity index (χ3v) is 2.09. The normalized spacial score (nSPS) is 11.4. The fourth-order valence-corrected chi connectivity index (χ4v) is 1.29. The topological polar surface area (TPSA) is 71.8 Å². The Morgan fingerprint density at radius 3 is 2.79 bits per heavy atom. The maximum Gasteiger partial charge on any atom is 0.264 e. The molecule has 2 rings (SSSR count). The minimum Gasteiger partial charge on any atom is -0.359 e. The van der Waals surface area contributed by atoms with Gasteiger partial charge in [0.05, 0.1) is 0 Å². The van der Waals surface area contributed by atoms with Gasteiger partial charge in [0.2, 0.25) is 5.65 Å². The van der Waals surface area contributed by atoms with E-state index >= 15 is 0 Å². The van der Waals surface area contributed by atoms with Crippen LogP contribution in [0.5, 0.6) is 0 Å². The number of aryl methyl sites for hydroxylation is 1. The molecule has 0 spiro atoms. The SMILES string of the molecule is Cc1onc2nc(C(C)C)[nH]c(=O)c12. The van der Waals surface area contributed by atoms with Crippen molar-refractivity contribution in [1.29, 1.82) is 0 Å². The summed E-state index contributed by atoms with van der Waals surface area (Å²) in [5.41, 5.74) is 0.201. The number of nitrogens with one attached hydrogen (secondary N) is 1. The maximum atomic E-state index is 11.6. The number of fused-ring (bicyclic) bond motifs is 1. The van der Waals surface area contributed by atoms with Crippen molar-refractivity contribution in [1.82, 2.24) is 15.1 Å². The van der Waals surface area contributed by atoms with E-state index in [0.29, 0.717) is 22.6 Å². The first-order valence-electron chi connectivity index (χ1n) is 4.46. The van der Waals surface area contributed by atoms with E-state index in [1.807, 2.05) is 13.8 Å². The fraction of sp³-hybridized carbons (Fsp3) is 0.444. The quantitative estimate of drug-likeness (QED) is 0.741. The Bertz CT molecular complexity index is 524. The fourth-order valence-electron chi connectivity index (χ4n) is 1.29. The molecule has 2 aromatic heterocycles. The lowest BCUT2D eigenvalue weighted by Crippen LogP contribution is -2.12. The maximum absolute atomic E-state index is 11.6. The second-order valence-corrected chi connectivity index (χ2v) is 3.54. The zero-order valence-electron chi connectivity index (χ0n) is 8.29. The van der Waals surface area contributed by atoms with Crippen LogP contribution in [0.25, 0.3) is 11.0 Å². The number of aromatic nitrogens is 3. The van der Waals surface area contributed by atoms with Gasteiger partial charge in [-0.3, -0.25) is 4.79 Å². The highest BCUT2D eigenvalue weighted by atomic mass is 16.5. The molecule has 5 nitrogen and oxygen atoms in total. The molecule has 0 aliphatic heterocycles. The summed E-state index contributed by atoms with van der Waals surface area (Å²) in [5, 5.41) is 4.16. The third kappa shape index (κ3) is 1.21. The van der Waals surface area contributed by atoms with Crippen molar-refractivity contribution in [3.05, 3.63) is 21.9 Å². The van der Waals surface area contributed by atoms with Gasteiger partial charge in [-0.1, -0.05) is 19.0 Å². The van der Waals surface area contributed by atoms with Gasteiger partial charge in [-0.15, -0.1) is 0 Å². The lowest BCUT2D eigenvalue weighted by Gasteiger charge is -2.01. The van der Waals surface area contributed by atoms with E-state index in [4.69, 9.17) is 4.52 Å². The Labute approximate surface area is 80.1 Å². The molecule has 0 unspecified atom stereocenters. The molecule has 0 saturated carbocycles. The van der Waals surface area contributed by atoms with Crippen LogP contribution in [-0.2, 0) is 0 Å². The highest BCUT2D eigenvalue weighted by Gasteiger charge is 2.12. The molecule has 0 fully saturated rings. The van der Waals surface area contributed by atoms with E-state index in [-0.39, 0.29) is 11.5 Å². The number of hydrogen-bond donors (Lipinski definition) is 1. The van der Waals surface area contributed by atoms with Crippen LogP contribution in [0.2, 0.25) is 0 Å². The van der Waals surface area contributed by atoms with Crippen LogP contribution in [0.1, 0.15) is 31.4 Å². The van der Waals surface area contributed by atoms with E-state index < -0.39 is 0 Å². The highest BCUT2D eigenvalue weighted by Crippen LogP contribution is 2.13. The van der Waals surface area contributed by atoms with E-state index in [0.717, 1.165) is 0 Å². The molecule has 5 heteroatoms. The summed E-state index contributed by atoms with van der Waals surface area (Å²) in [4.78, 5) is 18.5. The zero-order valence-corrected chi connectivity index (χ0v) is 8.29. The van der Waals surface area contributed by atoms with Crippen molar-refractivity contribution in [2.24, 2.45) is 0 Å². The molecule has 74 valence electrons. The molecule has 0 aliphatic carbocycles. The van der Waals surface area contributed by atoms with Gasteiger partial charge < -0.3 is 9.51 Å². The first kappa shape index (κ1) is 8.93. The molecule has 14 heavy (non-hydrogen) atoms. The molecule has 0 bridgehead atoms. The minimum atomic E-state index is -0.183. The number of H-pyrrole nitrogens is 1. The Hall–Kier alpha value is -1.65. The van der Waals surface area contributed by atoms with Gasteiger partial charge in [0, 0.05) is 5.92 Å². The lowest BCUT2D eigenvalue weighted by molar-refractivity contribution is 0.404. The Morgan fingerprint density at radius 1 is 1.43 bits per heavy atom. The number of nitrogens with zero attached hydrogens (tertiary/aromatic N) is 2. The van der Waals surface area contributed by atoms with Crippen LogP contribution in [0.3, 0.4) is 0 Å². The van der Waals surface area contributed by atoms with Crippen LogP contribution in [0.4, 0.5) is 0 Å². The average molecular weight is 193 g/mol. The molecule has 0 aromatic carbocycles. The molecule has 2 heterocycles. The van der Waals surface area contributed by atoms with E-state index in [1.54, 1.807) is 6.92 Å². The summed E-state index contributed by atoms with van der Waals surface area (Å²) < 4.78 is 4.90. The average Bonchev–Trinajstić information content (AvgIpc) is 2.48. The summed E-state index contributed by atoms with van der Waals surface area (Å²) in [6.45, 7) is 5.61. The summed E-state index contributed by atoms with van der Waals surface area (Å²) >= 11 is 0. The second-order valence-electron chi connectivity index (χ2n) is 3.54. The van der Waals surface area contributed by atoms with Crippen LogP contribution in [0.15, 0.2) is 9.32 Å². The van der Waals surface area contributed by atoms with Gasteiger partial charge in [0.15, 0.2) is 0 Å². The van der Waals surface area contributed by atoms with Gasteiger partial charge in [0.25, 0.3) is 5.56 Å². The van der Waals surface area contributed by atoms with Crippen molar-refractivity contribution < 1.29 is 4.52 Å². The number of aromatic amines is 1. The van der Waals surface area contributed by atoms with E-state index in [9.17, 15) is 4.79 Å². The second kappa shape index (κ2) is 2.94. The van der Waals surface area contributed by atoms with Crippen LogP contribution in [-0.4, -0.2) is 15.1 Å². The van der Waals surface area contributed by atoms with E-state index in [2.05, 4.69) is 15.1 Å². The largest absolute Gasteiger partial charge is 0.359 e. The predicted molar refractivity (Wildman–Crippen MR) is 51.3 cm³/mol. The minimum absolute atomic E-state index is 0.170. The summed E-state index contributed by atoms with van der Waals surface area (Å²) in [6, 6.07) is 0. The number of hydrogen-bond acceptors (Lipinski definition) is 4. The molecule has 2 aromatic rings. The molecule has 0 aliphatic rings. The lowest BCUT2D eigenvalue weighted by atomic mass is 10.2. The highest BCUT2D eigenvalue weighted by molar-refractivity contribution is 5.75. The monoisotopic (exact) mass is 193 g/mol. The predicted octanol–water partition coefficient (Wildman–Crippen LogP) is 1.34. The van der Waals surface area contributed by atoms with Gasteiger partial charge >= 0.3 is 0 Å². The molecular formula is C9H11N3O2. The summed E-state index contributed by atoms with van der Waals surface area (Å²) in [5.74, 6) is 1.31. The molecule has 0 saturated heterocycles. The zero-order chi connectivity index (χ0) is 10.3.